The normalized spacial score (nSPS) is 24.9. The Morgan fingerprint density at radius 2 is 2.20 bits per heavy atom. The lowest BCUT2D eigenvalue weighted by Gasteiger charge is -2.32. The van der Waals surface area contributed by atoms with Gasteiger partial charge in [-0.15, -0.1) is 0 Å². The van der Waals surface area contributed by atoms with Gasteiger partial charge in [0.05, 0.1) is 6.61 Å². The van der Waals surface area contributed by atoms with Crippen LogP contribution in [0.25, 0.3) is 0 Å². The molecule has 0 amide bonds. The second-order valence-corrected chi connectivity index (χ2v) is 4.37. The van der Waals surface area contributed by atoms with Crippen molar-refractivity contribution in [2.45, 2.75) is 25.8 Å². The van der Waals surface area contributed by atoms with E-state index in [4.69, 9.17) is 5.11 Å². The van der Waals surface area contributed by atoms with Crippen LogP contribution in [0.2, 0.25) is 0 Å². The molecule has 0 aromatic heterocycles. The standard InChI is InChI=1S/C13H19NO/c1-10-6-7-11-4-2-3-5-12(11)13(10)14-8-9-15/h2-5,10,13-15H,6-9H2,1H3. The van der Waals surface area contributed by atoms with E-state index in [1.807, 2.05) is 0 Å². The number of rotatable bonds is 3. The molecule has 0 spiro atoms. The molecule has 2 nitrogen and oxygen atoms in total. The summed E-state index contributed by atoms with van der Waals surface area (Å²) in [5.41, 5.74) is 2.88. The molecule has 0 heterocycles. The molecule has 2 rings (SSSR count). The summed E-state index contributed by atoms with van der Waals surface area (Å²) in [7, 11) is 0. The van der Waals surface area contributed by atoms with Crippen molar-refractivity contribution in [3.8, 4) is 0 Å². The summed E-state index contributed by atoms with van der Waals surface area (Å²) in [6.07, 6.45) is 2.43. The van der Waals surface area contributed by atoms with Crippen molar-refractivity contribution >= 4 is 0 Å². The fourth-order valence-corrected chi connectivity index (χ4v) is 2.45. The lowest BCUT2D eigenvalue weighted by atomic mass is 9.81. The summed E-state index contributed by atoms with van der Waals surface area (Å²) in [6.45, 7) is 3.18. The third-order valence-corrected chi connectivity index (χ3v) is 3.30. The van der Waals surface area contributed by atoms with E-state index in [0.29, 0.717) is 18.5 Å². The number of hydrogen-bond acceptors (Lipinski definition) is 2. The van der Waals surface area contributed by atoms with Crippen LogP contribution in [0.4, 0.5) is 0 Å². The van der Waals surface area contributed by atoms with Crippen molar-refractivity contribution in [1.82, 2.24) is 5.32 Å². The quantitative estimate of drug-likeness (QED) is 0.790. The molecule has 0 fully saturated rings. The summed E-state index contributed by atoms with van der Waals surface area (Å²) in [4.78, 5) is 0. The van der Waals surface area contributed by atoms with Crippen molar-refractivity contribution < 1.29 is 5.11 Å². The predicted octanol–water partition coefficient (Wildman–Crippen LogP) is 1.89. The van der Waals surface area contributed by atoms with E-state index in [1.54, 1.807) is 0 Å². The van der Waals surface area contributed by atoms with Crippen molar-refractivity contribution in [3.05, 3.63) is 35.4 Å². The predicted molar refractivity (Wildman–Crippen MR) is 61.8 cm³/mol. The maximum absolute atomic E-state index is 8.87. The summed E-state index contributed by atoms with van der Waals surface area (Å²) in [5, 5.41) is 12.3. The Hall–Kier alpha value is -0.860. The Kier molecular flexibility index (Phi) is 3.39. The Morgan fingerprint density at radius 3 is 3.00 bits per heavy atom. The average molecular weight is 205 g/mol. The lowest BCUT2D eigenvalue weighted by molar-refractivity contribution is 0.264. The molecule has 0 bridgehead atoms. The second kappa shape index (κ2) is 4.77. The Bertz CT molecular complexity index is 324. The maximum Gasteiger partial charge on any atom is 0.0556 e. The van der Waals surface area contributed by atoms with E-state index in [-0.39, 0.29) is 6.61 Å². The third kappa shape index (κ3) is 2.21. The Labute approximate surface area is 91.3 Å². The molecule has 15 heavy (non-hydrogen) atoms. The van der Waals surface area contributed by atoms with E-state index >= 15 is 0 Å². The fourth-order valence-electron chi connectivity index (χ4n) is 2.45. The molecular weight excluding hydrogens is 186 g/mol. The number of aliphatic hydroxyl groups is 1. The third-order valence-electron chi connectivity index (χ3n) is 3.30. The molecule has 1 aromatic rings. The molecule has 0 aliphatic heterocycles. The zero-order valence-corrected chi connectivity index (χ0v) is 9.24. The lowest BCUT2D eigenvalue weighted by Crippen LogP contribution is -2.32. The topological polar surface area (TPSA) is 32.3 Å². The maximum atomic E-state index is 8.87. The summed E-state index contributed by atoms with van der Waals surface area (Å²) in [6, 6.07) is 9.05. The van der Waals surface area contributed by atoms with Crippen LogP contribution in [0.3, 0.4) is 0 Å². The van der Waals surface area contributed by atoms with Crippen molar-refractivity contribution in [1.29, 1.82) is 0 Å². The highest BCUT2D eigenvalue weighted by Crippen LogP contribution is 2.33. The molecule has 2 heteroatoms. The molecule has 2 N–H and O–H groups in total. The first-order valence-electron chi connectivity index (χ1n) is 5.75. The zero-order valence-electron chi connectivity index (χ0n) is 9.24. The van der Waals surface area contributed by atoms with Gasteiger partial charge in [0.2, 0.25) is 0 Å². The minimum Gasteiger partial charge on any atom is -0.395 e. The van der Waals surface area contributed by atoms with Gasteiger partial charge < -0.3 is 10.4 Å². The van der Waals surface area contributed by atoms with Gasteiger partial charge in [-0.3, -0.25) is 0 Å². The molecule has 2 atom stereocenters. The van der Waals surface area contributed by atoms with Gasteiger partial charge in [-0.25, -0.2) is 0 Å². The zero-order chi connectivity index (χ0) is 10.7. The summed E-state index contributed by atoms with van der Waals surface area (Å²) in [5.74, 6) is 0.659. The van der Waals surface area contributed by atoms with Crippen LogP contribution >= 0.6 is 0 Å². The average Bonchev–Trinajstić information content (AvgIpc) is 2.28. The van der Waals surface area contributed by atoms with Crippen LogP contribution < -0.4 is 5.32 Å². The molecular formula is C13H19NO. The second-order valence-electron chi connectivity index (χ2n) is 4.37. The number of aryl methyl sites for hydroxylation is 1. The van der Waals surface area contributed by atoms with E-state index in [9.17, 15) is 0 Å². The number of hydrogen-bond donors (Lipinski definition) is 2. The van der Waals surface area contributed by atoms with Gasteiger partial charge in [0.15, 0.2) is 0 Å². The van der Waals surface area contributed by atoms with Crippen LogP contribution in [0.1, 0.15) is 30.5 Å². The van der Waals surface area contributed by atoms with Gasteiger partial charge in [0.1, 0.15) is 0 Å². The first-order valence-corrected chi connectivity index (χ1v) is 5.75. The largest absolute Gasteiger partial charge is 0.395 e. The van der Waals surface area contributed by atoms with Gasteiger partial charge in [-0.05, 0) is 29.9 Å². The smallest absolute Gasteiger partial charge is 0.0556 e. The first-order chi connectivity index (χ1) is 7.33. The van der Waals surface area contributed by atoms with E-state index in [2.05, 4.69) is 36.5 Å². The van der Waals surface area contributed by atoms with Crippen LogP contribution in [-0.4, -0.2) is 18.3 Å². The Balaban J connectivity index is 2.21. The van der Waals surface area contributed by atoms with Crippen LogP contribution in [0, 0.1) is 5.92 Å². The number of nitrogens with one attached hydrogen (secondary N) is 1. The fraction of sp³-hybridized carbons (Fsp3) is 0.538. The molecule has 0 radical (unpaired) electrons. The van der Waals surface area contributed by atoms with Crippen LogP contribution in [0.5, 0.6) is 0 Å². The van der Waals surface area contributed by atoms with Gasteiger partial charge in [0, 0.05) is 12.6 Å². The monoisotopic (exact) mass is 205 g/mol. The number of aliphatic hydroxyl groups excluding tert-OH is 1. The van der Waals surface area contributed by atoms with Crippen molar-refractivity contribution in [2.24, 2.45) is 5.92 Å². The van der Waals surface area contributed by atoms with E-state index in [0.717, 1.165) is 0 Å². The van der Waals surface area contributed by atoms with Gasteiger partial charge >= 0.3 is 0 Å². The highest BCUT2D eigenvalue weighted by atomic mass is 16.3. The van der Waals surface area contributed by atoms with Gasteiger partial charge in [-0.2, -0.15) is 0 Å². The van der Waals surface area contributed by atoms with E-state index in [1.165, 1.54) is 24.0 Å². The van der Waals surface area contributed by atoms with Gasteiger partial charge in [0.25, 0.3) is 0 Å². The Morgan fingerprint density at radius 1 is 1.40 bits per heavy atom. The molecule has 0 saturated carbocycles. The molecule has 82 valence electrons. The SMILES string of the molecule is CC1CCc2ccccc2C1NCCO. The molecule has 1 aromatic carbocycles. The summed E-state index contributed by atoms with van der Waals surface area (Å²) >= 11 is 0. The molecule has 1 aliphatic rings. The molecule has 1 aliphatic carbocycles. The van der Waals surface area contributed by atoms with Gasteiger partial charge in [-0.1, -0.05) is 31.2 Å². The molecule has 0 saturated heterocycles. The first kappa shape index (κ1) is 10.7. The van der Waals surface area contributed by atoms with Crippen LogP contribution in [-0.2, 0) is 6.42 Å². The van der Waals surface area contributed by atoms with E-state index < -0.39 is 0 Å². The minimum absolute atomic E-state index is 0.214. The van der Waals surface area contributed by atoms with Crippen molar-refractivity contribution in [2.75, 3.05) is 13.2 Å². The summed E-state index contributed by atoms with van der Waals surface area (Å²) < 4.78 is 0. The minimum atomic E-state index is 0.214. The van der Waals surface area contributed by atoms with Crippen LogP contribution in [0.15, 0.2) is 24.3 Å². The van der Waals surface area contributed by atoms with Crippen molar-refractivity contribution in [3.63, 3.8) is 0 Å². The number of benzene rings is 1. The number of fused-ring (bicyclic) bond motifs is 1. The molecule has 2 unspecified atom stereocenters. The highest BCUT2D eigenvalue weighted by molar-refractivity contribution is 5.32. The highest BCUT2D eigenvalue weighted by Gasteiger charge is 2.25.